The average Bonchev–Trinajstić information content (AvgIpc) is 2.73. The van der Waals surface area contributed by atoms with Gasteiger partial charge in [0.1, 0.15) is 5.82 Å². The van der Waals surface area contributed by atoms with E-state index in [1.807, 2.05) is 12.1 Å². The molecule has 0 radical (unpaired) electrons. The molecule has 0 amide bonds. The Hall–Kier alpha value is -1.51. The van der Waals surface area contributed by atoms with Crippen LogP contribution >= 0.6 is 0 Å². The average molecular weight is 257 g/mol. The van der Waals surface area contributed by atoms with Gasteiger partial charge in [-0.25, -0.2) is 4.98 Å². The van der Waals surface area contributed by atoms with E-state index in [-0.39, 0.29) is 5.41 Å². The zero-order valence-electron chi connectivity index (χ0n) is 12.5. The van der Waals surface area contributed by atoms with Crippen molar-refractivity contribution in [1.29, 1.82) is 0 Å². The third-order valence-corrected chi connectivity index (χ3v) is 4.16. The number of fused-ring (bicyclic) bond motifs is 1. The van der Waals surface area contributed by atoms with Gasteiger partial charge in [0.15, 0.2) is 0 Å². The van der Waals surface area contributed by atoms with Gasteiger partial charge in [0.05, 0.1) is 11.0 Å². The Morgan fingerprint density at radius 3 is 2.47 bits per heavy atom. The van der Waals surface area contributed by atoms with Crippen molar-refractivity contribution in [3.8, 4) is 0 Å². The smallest absolute Gasteiger partial charge is 0.115 e. The minimum Gasteiger partial charge on any atom is -0.399 e. The number of aromatic nitrogens is 2. The van der Waals surface area contributed by atoms with E-state index in [1.54, 1.807) is 0 Å². The zero-order chi connectivity index (χ0) is 14.0. The maximum absolute atomic E-state index is 5.89. The second kappa shape index (κ2) is 3.53. The molecule has 3 rings (SSSR count). The van der Waals surface area contributed by atoms with E-state index >= 15 is 0 Å². The number of imidazole rings is 1. The Morgan fingerprint density at radius 1 is 1.32 bits per heavy atom. The number of benzene rings is 1. The molecule has 19 heavy (non-hydrogen) atoms. The third-order valence-electron chi connectivity index (χ3n) is 4.16. The van der Waals surface area contributed by atoms with Crippen LogP contribution in [0.1, 0.15) is 52.9 Å². The van der Waals surface area contributed by atoms with E-state index in [0.717, 1.165) is 11.2 Å². The van der Waals surface area contributed by atoms with Crippen LogP contribution in [0.25, 0.3) is 11.0 Å². The van der Waals surface area contributed by atoms with E-state index in [9.17, 15) is 0 Å². The third kappa shape index (κ3) is 1.92. The maximum atomic E-state index is 5.89. The number of hydrogen-bond acceptors (Lipinski definition) is 2. The molecule has 0 saturated heterocycles. The van der Waals surface area contributed by atoms with Gasteiger partial charge < -0.3 is 10.3 Å². The molecular formula is C16H23N3. The molecular weight excluding hydrogens is 234 g/mol. The summed E-state index contributed by atoms with van der Waals surface area (Å²) in [5.41, 5.74) is 9.34. The van der Waals surface area contributed by atoms with E-state index in [1.165, 1.54) is 17.8 Å². The molecule has 3 heteroatoms. The summed E-state index contributed by atoms with van der Waals surface area (Å²) in [6.45, 7) is 11.3. The van der Waals surface area contributed by atoms with Crippen molar-refractivity contribution in [2.24, 2.45) is 5.41 Å². The molecule has 1 atom stereocenters. The molecule has 1 fully saturated rings. The maximum Gasteiger partial charge on any atom is 0.115 e. The molecule has 0 aliphatic heterocycles. The molecule has 2 N–H and O–H groups in total. The van der Waals surface area contributed by atoms with Gasteiger partial charge in [-0.2, -0.15) is 0 Å². The minimum absolute atomic E-state index is 0.0481. The van der Waals surface area contributed by atoms with Crippen LogP contribution in [-0.2, 0) is 5.41 Å². The lowest BCUT2D eigenvalue weighted by Crippen LogP contribution is -2.19. The molecule has 102 valence electrons. The summed E-state index contributed by atoms with van der Waals surface area (Å²) < 4.78 is 2.44. The minimum atomic E-state index is 0.0481. The van der Waals surface area contributed by atoms with Crippen LogP contribution in [0.5, 0.6) is 0 Å². The van der Waals surface area contributed by atoms with Gasteiger partial charge in [0.2, 0.25) is 0 Å². The predicted molar refractivity (Wildman–Crippen MR) is 80.3 cm³/mol. The Kier molecular flexibility index (Phi) is 2.32. The summed E-state index contributed by atoms with van der Waals surface area (Å²) in [5, 5.41) is 0. The fraction of sp³-hybridized carbons (Fsp3) is 0.562. The van der Waals surface area contributed by atoms with Gasteiger partial charge in [-0.05, 0) is 30.0 Å². The molecule has 1 aromatic heterocycles. The van der Waals surface area contributed by atoms with Crippen molar-refractivity contribution in [1.82, 2.24) is 9.55 Å². The summed E-state index contributed by atoms with van der Waals surface area (Å²) in [5.74, 6) is 1.17. The highest BCUT2D eigenvalue weighted by Gasteiger charge is 2.49. The first-order chi connectivity index (χ1) is 8.70. The van der Waals surface area contributed by atoms with Crippen molar-refractivity contribution in [3.05, 3.63) is 24.0 Å². The van der Waals surface area contributed by atoms with Crippen molar-refractivity contribution < 1.29 is 0 Å². The Labute approximate surface area is 114 Å². The van der Waals surface area contributed by atoms with Crippen molar-refractivity contribution >= 4 is 16.7 Å². The highest BCUT2D eigenvalue weighted by molar-refractivity contribution is 5.80. The number of rotatable bonds is 1. The van der Waals surface area contributed by atoms with E-state index < -0.39 is 0 Å². The van der Waals surface area contributed by atoms with Crippen molar-refractivity contribution in [2.75, 3.05) is 5.73 Å². The fourth-order valence-electron chi connectivity index (χ4n) is 2.84. The standard InChI is InChI=1S/C16H23N3/c1-15(2,3)14-18-11-8-10(17)6-7-12(11)19(14)13-9-16(13,4)5/h6-8,13H,9,17H2,1-5H3. The van der Waals surface area contributed by atoms with E-state index in [2.05, 4.69) is 45.3 Å². The molecule has 2 aromatic rings. The first-order valence-corrected chi connectivity index (χ1v) is 6.98. The van der Waals surface area contributed by atoms with Gasteiger partial charge in [-0.3, -0.25) is 0 Å². The van der Waals surface area contributed by atoms with Crippen LogP contribution in [0.4, 0.5) is 5.69 Å². The molecule has 0 bridgehead atoms. The molecule has 1 heterocycles. The molecule has 1 unspecified atom stereocenters. The van der Waals surface area contributed by atoms with Crippen LogP contribution in [0, 0.1) is 5.41 Å². The van der Waals surface area contributed by atoms with Crippen molar-refractivity contribution in [3.63, 3.8) is 0 Å². The fourth-order valence-corrected chi connectivity index (χ4v) is 2.84. The predicted octanol–water partition coefficient (Wildman–Crippen LogP) is 3.89. The number of nitrogens with zero attached hydrogens (tertiary/aromatic N) is 2. The van der Waals surface area contributed by atoms with Crippen LogP contribution in [0.3, 0.4) is 0 Å². The molecule has 0 spiro atoms. The van der Waals surface area contributed by atoms with Gasteiger partial charge in [0, 0.05) is 17.1 Å². The molecule has 1 aromatic carbocycles. The molecule has 1 saturated carbocycles. The summed E-state index contributed by atoms with van der Waals surface area (Å²) in [7, 11) is 0. The first-order valence-electron chi connectivity index (χ1n) is 6.98. The lowest BCUT2D eigenvalue weighted by molar-refractivity contribution is 0.472. The molecule has 1 aliphatic carbocycles. The summed E-state index contributed by atoms with van der Waals surface area (Å²) in [6.07, 6.45) is 1.23. The Morgan fingerprint density at radius 2 is 1.95 bits per heavy atom. The number of nitrogen functional groups attached to an aromatic ring is 1. The Bertz CT molecular complexity index is 644. The zero-order valence-corrected chi connectivity index (χ0v) is 12.5. The molecule has 3 nitrogen and oxygen atoms in total. The number of anilines is 1. The van der Waals surface area contributed by atoms with Crippen molar-refractivity contribution in [2.45, 2.75) is 52.5 Å². The van der Waals surface area contributed by atoms with Crippen LogP contribution in [0.2, 0.25) is 0 Å². The topological polar surface area (TPSA) is 43.8 Å². The van der Waals surface area contributed by atoms with Gasteiger partial charge in [0.25, 0.3) is 0 Å². The SMILES string of the molecule is CC(C)(C)c1nc2cc(N)ccc2n1C1CC1(C)C. The second-order valence-electron chi connectivity index (χ2n) is 7.51. The van der Waals surface area contributed by atoms with Gasteiger partial charge in [-0.15, -0.1) is 0 Å². The highest BCUT2D eigenvalue weighted by Crippen LogP contribution is 2.57. The second-order valence-corrected chi connectivity index (χ2v) is 7.51. The van der Waals surface area contributed by atoms with E-state index in [4.69, 9.17) is 10.7 Å². The first kappa shape index (κ1) is 12.5. The van der Waals surface area contributed by atoms with E-state index in [0.29, 0.717) is 11.5 Å². The summed E-state index contributed by atoms with van der Waals surface area (Å²) >= 11 is 0. The van der Waals surface area contributed by atoms with Crippen LogP contribution in [-0.4, -0.2) is 9.55 Å². The monoisotopic (exact) mass is 257 g/mol. The Balaban J connectivity index is 2.27. The molecule has 1 aliphatic rings. The number of nitrogens with two attached hydrogens (primary N) is 1. The summed E-state index contributed by atoms with van der Waals surface area (Å²) in [6, 6.07) is 6.63. The van der Waals surface area contributed by atoms with Gasteiger partial charge >= 0.3 is 0 Å². The largest absolute Gasteiger partial charge is 0.399 e. The number of hydrogen-bond donors (Lipinski definition) is 1. The lowest BCUT2D eigenvalue weighted by atomic mass is 9.95. The summed E-state index contributed by atoms with van der Waals surface area (Å²) in [4.78, 5) is 4.85. The lowest BCUT2D eigenvalue weighted by Gasteiger charge is -2.21. The van der Waals surface area contributed by atoms with Crippen LogP contribution < -0.4 is 5.73 Å². The highest BCUT2D eigenvalue weighted by atomic mass is 15.2. The van der Waals surface area contributed by atoms with Gasteiger partial charge in [-0.1, -0.05) is 34.6 Å². The normalized spacial score (nSPS) is 21.8. The van der Waals surface area contributed by atoms with Crippen LogP contribution in [0.15, 0.2) is 18.2 Å². The quantitative estimate of drug-likeness (QED) is 0.788.